The van der Waals surface area contributed by atoms with Crippen molar-refractivity contribution >= 4 is 12.1 Å². The lowest BCUT2D eigenvalue weighted by molar-refractivity contribution is -0.141. The number of carbonyl (C=O) groups is 2. The molecule has 0 aliphatic carbocycles. The predicted octanol–water partition coefficient (Wildman–Crippen LogP) is 4.02. The summed E-state index contributed by atoms with van der Waals surface area (Å²) in [6, 6.07) is 7.93. The summed E-state index contributed by atoms with van der Waals surface area (Å²) in [4.78, 5) is 25.7. The minimum absolute atomic E-state index is 0.0982. The maximum Gasteiger partial charge on any atom is 0.410 e. The Hall–Kier alpha value is -2.04. The van der Waals surface area contributed by atoms with E-state index in [0.717, 1.165) is 11.1 Å². The third kappa shape index (κ3) is 4.53. The van der Waals surface area contributed by atoms with E-state index in [9.17, 15) is 14.7 Å². The van der Waals surface area contributed by atoms with Crippen molar-refractivity contribution in [1.29, 1.82) is 0 Å². The Bertz CT molecular complexity index is 654. The molecule has 1 fully saturated rings. The molecule has 1 saturated heterocycles. The highest BCUT2D eigenvalue weighted by Crippen LogP contribution is 2.39. The smallest absolute Gasteiger partial charge is 0.410 e. The molecule has 5 nitrogen and oxygen atoms in total. The number of hydrogen-bond donors (Lipinski definition) is 1. The van der Waals surface area contributed by atoms with Gasteiger partial charge in [0.2, 0.25) is 0 Å². The van der Waals surface area contributed by atoms with Gasteiger partial charge in [0.25, 0.3) is 0 Å². The number of carboxylic acids is 1. The summed E-state index contributed by atoms with van der Waals surface area (Å²) in [6.45, 7) is 12.3. The van der Waals surface area contributed by atoms with Crippen LogP contribution in [0.1, 0.15) is 58.6 Å². The summed E-state index contributed by atoms with van der Waals surface area (Å²) in [5, 5.41) is 9.69. The first-order valence-electron chi connectivity index (χ1n) is 8.70. The van der Waals surface area contributed by atoms with Gasteiger partial charge in [-0.05, 0) is 37.3 Å². The fourth-order valence-corrected chi connectivity index (χ4v) is 3.35. The fraction of sp³-hybridized carbons (Fsp3) is 0.600. The summed E-state index contributed by atoms with van der Waals surface area (Å²) in [5.41, 5.74) is 1.43. The maximum absolute atomic E-state index is 12.4. The van der Waals surface area contributed by atoms with E-state index in [0.29, 0.717) is 6.54 Å². The van der Waals surface area contributed by atoms with Gasteiger partial charge in [-0.2, -0.15) is 0 Å². The van der Waals surface area contributed by atoms with E-state index in [1.54, 1.807) is 0 Å². The molecule has 0 bridgehead atoms. The van der Waals surface area contributed by atoms with Crippen molar-refractivity contribution in [3.63, 3.8) is 0 Å². The van der Waals surface area contributed by atoms with Crippen molar-refractivity contribution in [3.8, 4) is 0 Å². The minimum atomic E-state index is -0.875. The van der Waals surface area contributed by atoms with E-state index in [-0.39, 0.29) is 17.9 Å². The van der Waals surface area contributed by atoms with Gasteiger partial charge in [-0.25, -0.2) is 4.79 Å². The number of nitrogens with zero attached hydrogens (tertiary/aromatic N) is 1. The van der Waals surface area contributed by atoms with Crippen molar-refractivity contribution in [2.45, 2.75) is 58.5 Å². The van der Waals surface area contributed by atoms with Gasteiger partial charge < -0.3 is 14.7 Å². The molecule has 0 spiro atoms. The Kier molecular flexibility index (Phi) is 5.17. The standard InChI is InChI=1S/C20H29NO4/c1-19(2,3)16-10-8-7-9-13(16)14-11-21(12-15(14)17(22)23)18(24)25-20(4,5)6/h7-10,14-15H,11-12H2,1-6H3,(H,22,23). The summed E-state index contributed by atoms with van der Waals surface area (Å²) >= 11 is 0. The quantitative estimate of drug-likeness (QED) is 0.877. The van der Waals surface area contributed by atoms with Gasteiger partial charge in [-0.3, -0.25) is 4.79 Å². The number of hydrogen-bond acceptors (Lipinski definition) is 3. The molecule has 5 heteroatoms. The molecule has 1 aromatic carbocycles. The first-order chi connectivity index (χ1) is 11.4. The zero-order valence-electron chi connectivity index (χ0n) is 16.0. The van der Waals surface area contributed by atoms with E-state index in [2.05, 4.69) is 20.8 Å². The summed E-state index contributed by atoms with van der Waals surface area (Å²) in [6.07, 6.45) is -0.450. The highest BCUT2D eigenvalue weighted by Gasteiger charge is 2.43. The molecular weight excluding hydrogens is 318 g/mol. The van der Waals surface area contributed by atoms with Crippen molar-refractivity contribution in [1.82, 2.24) is 4.90 Å². The van der Waals surface area contributed by atoms with Crippen LogP contribution in [-0.4, -0.2) is 40.8 Å². The highest BCUT2D eigenvalue weighted by molar-refractivity contribution is 5.76. The molecule has 25 heavy (non-hydrogen) atoms. The Morgan fingerprint density at radius 1 is 1.08 bits per heavy atom. The van der Waals surface area contributed by atoms with Crippen LogP contribution < -0.4 is 0 Å². The number of ether oxygens (including phenoxy) is 1. The largest absolute Gasteiger partial charge is 0.481 e. The predicted molar refractivity (Wildman–Crippen MR) is 96.8 cm³/mol. The number of rotatable bonds is 2. The van der Waals surface area contributed by atoms with Crippen molar-refractivity contribution in [2.24, 2.45) is 5.92 Å². The van der Waals surface area contributed by atoms with E-state index in [1.165, 1.54) is 4.90 Å². The van der Waals surface area contributed by atoms with Gasteiger partial charge in [-0.1, -0.05) is 45.0 Å². The second kappa shape index (κ2) is 6.70. The average molecular weight is 347 g/mol. The van der Waals surface area contributed by atoms with Crippen LogP contribution in [0.3, 0.4) is 0 Å². The van der Waals surface area contributed by atoms with E-state index in [4.69, 9.17) is 4.74 Å². The Morgan fingerprint density at radius 3 is 2.20 bits per heavy atom. The summed E-state index contributed by atoms with van der Waals surface area (Å²) in [5.74, 6) is -1.74. The molecule has 1 aliphatic rings. The van der Waals surface area contributed by atoms with Crippen LogP contribution in [0, 0.1) is 5.92 Å². The van der Waals surface area contributed by atoms with Crippen LogP contribution >= 0.6 is 0 Å². The molecule has 1 amide bonds. The van der Waals surface area contributed by atoms with Gasteiger partial charge in [0.1, 0.15) is 5.60 Å². The molecule has 2 rings (SSSR count). The zero-order chi connectivity index (χ0) is 19.0. The molecule has 1 heterocycles. The average Bonchev–Trinajstić information content (AvgIpc) is 2.90. The molecular formula is C20H29NO4. The van der Waals surface area contributed by atoms with Crippen LogP contribution in [0.15, 0.2) is 24.3 Å². The molecule has 0 aromatic heterocycles. The fourth-order valence-electron chi connectivity index (χ4n) is 3.35. The monoisotopic (exact) mass is 347 g/mol. The first kappa shape index (κ1) is 19.3. The second-order valence-electron chi connectivity index (χ2n) is 8.77. The lowest BCUT2D eigenvalue weighted by atomic mass is 9.77. The van der Waals surface area contributed by atoms with Crippen LogP contribution in [0.5, 0.6) is 0 Å². The zero-order valence-corrected chi connectivity index (χ0v) is 16.0. The maximum atomic E-state index is 12.4. The second-order valence-corrected chi connectivity index (χ2v) is 8.77. The van der Waals surface area contributed by atoms with Crippen LogP contribution in [-0.2, 0) is 14.9 Å². The third-order valence-electron chi connectivity index (χ3n) is 4.46. The molecule has 2 atom stereocenters. The Labute approximate surface area is 150 Å². The number of likely N-dealkylation sites (tertiary alicyclic amines) is 1. The lowest BCUT2D eigenvalue weighted by Gasteiger charge is -2.27. The Morgan fingerprint density at radius 2 is 1.68 bits per heavy atom. The number of amides is 1. The van der Waals surface area contributed by atoms with Crippen molar-refractivity contribution in [3.05, 3.63) is 35.4 Å². The third-order valence-corrected chi connectivity index (χ3v) is 4.46. The highest BCUT2D eigenvalue weighted by atomic mass is 16.6. The van der Waals surface area contributed by atoms with E-state index in [1.807, 2.05) is 45.0 Å². The van der Waals surface area contributed by atoms with Crippen molar-refractivity contribution < 1.29 is 19.4 Å². The molecule has 138 valence electrons. The van der Waals surface area contributed by atoms with Gasteiger partial charge in [0.05, 0.1) is 5.92 Å². The normalized spacial score (nSPS) is 21.3. The summed E-state index contributed by atoms with van der Waals surface area (Å²) < 4.78 is 5.43. The number of benzene rings is 1. The van der Waals surface area contributed by atoms with Crippen LogP contribution in [0.4, 0.5) is 4.79 Å². The van der Waals surface area contributed by atoms with E-state index < -0.39 is 23.6 Å². The van der Waals surface area contributed by atoms with Gasteiger partial charge in [0, 0.05) is 19.0 Å². The number of aliphatic carboxylic acids is 1. The molecule has 0 radical (unpaired) electrons. The lowest BCUT2D eigenvalue weighted by Crippen LogP contribution is -2.35. The SMILES string of the molecule is CC(C)(C)OC(=O)N1CC(C(=O)O)C(c2ccccc2C(C)(C)C)C1. The number of carbonyl (C=O) groups excluding carboxylic acids is 1. The molecule has 2 unspecified atom stereocenters. The van der Waals surface area contributed by atoms with Crippen LogP contribution in [0.25, 0.3) is 0 Å². The first-order valence-corrected chi connectivity index (χ1v) is 8.70. The van der Waals surface area contributed by atoms with Gasteiger partial charge >= 0.3 is 12.1 Å². The number of carboxylic acid groups (broad SMARTS) is 1. The topological polar surface area (TPSA) is 66.8 Å². The molecule has 1 aromatic rings. The summed E-state index contributed by atoms with van der Waals surface area (Å²) in [7, 11) is 0. The van der Waals surface area contributed by atoms with Gasteiger partial charge in [-0.15, -0.1) is 0 Å². The Balaban J connectivity index is 2.34. The van der Waals surface area contributed by atoms with Gasteiger partial charge in [0.15, 0.2) is 0 Å². The molecule has 1 aliphatic heterocycles. The van der Waals surface area contributed by atoms with Crippen molar-refractivity contribution in [2.75, 3.05) is 13.1 Å². The van der Waals surface area contributed by atoms with E-state index >= 15 is 0 Å². The van der Waals surface area contributed by atoms with Crippen LogP contribution in [0.2, 0.25) is 0 Å². The minimum Gasteiger partial charge on any atom is -0.481 e. The molecule has 1 N–H and O–H groups in total. The molecule has 0 saturated carbocycles.